The van der Waals surface area contributed by atoms with Crippen molar-refractivity contribution >= 4 is 22.6 Å². The van der Waals surface area contributed by atoms with Crippen LogP contribution in [0.5, 0.6) is 0 Å². The molecule has 4 rings (SSSR count). The summed E-state index contributed by atoms with van der Waals surface area (Å²) in [6.07, 6.45) is 3.76. The molecule has 1 unspecified atom stereocenters. The number of hydrogen-bond acceptors (Lipinski definition) is 4. The van der Waals surface area contributed by atoms with Crippen molar-refractivity contribution in [3.05, 3.63) is 35.4 Å². The van der Waals surface area contributed by atoms with E-state index in [4.69, 9.17) is 9.72 Å². The number of hydrogen-bond donors (Lipinski definition) is 0. The van der Waals surface area contributed by atoms with E-state index in [1.165, 1.54) is 5.56 Å². The van der Waals surface area contributed by atoms with Crippen LogP contribution in [-0.2, 0) is 16.1 Å². The molecule has 1 aromatic heterocycles. The zero-order valence-electron chi connectivity index (χ0n) is 15.9. The second-order valence-corrected chi connectivity index (χ2v) is 7.76. The zero-order valence-corrected chi connectivity index (χ0v) is 15.9. The van der Waals surface area contributed by atoms with Gasteiger partial charge in [-0.05, 0) is 50.3 Å². The molecule has 1 aliphatic heterocycles. The Morgan fingerprint density at radius 1 is 1.23 bits per heavy atom. The Morgan fingerprint density at radius 2 is 2.04 bits per heavy atom. The maximum Gasteiger partial charge on any atom is 0.252 e. The summed E-state index contributed by atoms with van der Waals surface area (Å²) >= 11 is 0. The monoisotopic (exact) mass is 353 g/mol. The van der Waals surface area contributed by atoms with Gasteiger partial charge in [-0.1, -0.05) is 12.1 Å². The van der Waals surface area contributed by atoms with Crippen LogP contribution < -0.4 is 4.90 Å². The number of benzene rings is 1. The second-order valence-electron chi connectivity index (χ2n) is 7.76. The lowest BCUT2D eigenvalue weighted by molar-refractivity contribution is -0.142. The minimum absolute atomic E-state index is 0.152. The molecule has 1 aliphatic carbocycles. The fourth-order valence-electron chi connectivity index (χ4n) is 3.73. The summed E-state index contributed by atoms with van der Waals surface area (Å²) in [4.78, 5) is 21.9. The fraction of sp³-hybridized carbons (Fsp3) is 0.524. The third-order valence-electron chi connectivity index (χ3n) is 5.27. The predicted molar refractivity (Wildman–Crippen MR) is 103 cm³/mol. The van der Waals surface area contributed by atoms with Crippen LogP contribution in [0.4, 0.5) is 5.82 Å². The number of anilines is 1. The molecule has 26 heavy (non-hydrogen) atoms. The Hall–Kier alpha value is -2.14. The van der Waals surface area contributed by atoms with E-state index in [1.54, 1.807) is 0 Å². The molecule has 5 heteroatoms. The van der Waals surface area contributed by atoms with Crippen molar-refractivity contribution in [3.8, 4) is 0 Å². The number of amides is 1. The van der Waals surface area contributed by atoms with Gasteiger partial charge in [-0.2, -0.15) is 0 Å². The van der Waals surface area contributed by atoms with Crippen LogP contribution in [0, 0.1) is 6.92 Å². The minimum atomic E-state index is -0.255. The Balaban J connectivity index is 1.68. The SMILES string of the molecule is Cc1ccc2cc(CN(C(=O)C3CCCO3)C3CC3)c(N(C)C)nc2c1. The predicted octanol–water partition coefficient (Wildman–Crippen LogP) is 3.28. The van der Waals surface area contributed by atoms with Gasteiger partial charge in [-0.15, -0.1) is 0 Å². The van der Waals surface area contributed by atoms with E-state index in [9.17, 15) is 4.79 Å². The summed E-state index contributed by atoms with van der Waals surface area (Å²) in [7, 11) is 4.02. The first-order chi connectivity index (χ1) is 12.5. The van der Waals surface area contributed by atoms with Crippen molar-refractivity contribution in [1.82, 2.24) is 9.88 Å². The molecule has 2 aliphatic rings. The van der Waals surface area contributed by atoms with Crippen LogP contribution in [0.1, 0.15) is 36.8 Å². The number of carbonyl (C=O) groups excluding carboxylic acids is 1. The standard InChI is InChI=1S/C21H27N3O2/c1-14-6-7-15-12-16(20(23(2)3)22-18(15)11-14)13-24(17-8-9-17)21(25)19-5-4-10-26-19/h6-7,11-12,17,19H,4-5,8-10,13H2,1-3H3. The summed E-state index contributed by atoms with van der Waals surface area (Å²) in [6, 6.07) is 8.89. The number of aromatic nitrogens is 1. The van der Waals surface area contributed by atoms with Gasteiger partial charge in [0.25, 0.3) is 5.91 Å². The lowest BCUT2D eigenvalue weighted by atomic mass is 10.1. The molecule has 138 valence electrons. The lowest BCUT2D eigenvalue weighted by Gasteiger charge is -2.27. The van der Waals surface area contributed by atoms with Crippen molar-refractivity contribution in [1.29, 1.82) is 0 Å². The van der Waals surface area contributed by atoms with E-state index >= 15 is 0 Å². The number of carbonyl (C=O) groups is 1. The molecule has 5 nitrogen and oxygen atoms in total. The van der Waals surface area contributed by atoms with Gasteiger partial charge in [-0.3, -0.25) is 4.79 Å². The molecule has 2 aromatic rings. The smallest absolute Gasteiger partial charge is 0.252 e. The van der Waals surface area contributed by atoms with Crippen LogP contribution in [0.25, 0.3) is 10.9 Å². The van der Waals surface area contributed by atoms with Crippen molar-refractivity contribution < 1.29 is 9.53 Å². The topological polar surface area (TPSA) is 45.7 Å². The van der Waals surface area contributed by atoms with E-state index in [-0.39, 0.29) is 12.0 Å². The number of nitrogens with zero attached hydrogens (tertiary/aromatic N) is 3. The van der Waals surface area contributed by atoms with Gasteiger partial charge >= 0.3 is 0 Å². The molecule has 1 saturated heterocycles. The van der Waals surface area contributed by atoms with Crippen LogP contribution in [0.15, 0.2) is 24.3 Å². The molecule has 0 radical (unpaired) electrons. The van der Waals surface area contributed by atoms with E-state index < -0.39 is 0 Å². The number of ether oxygens (including phenoxy) is 1. The number of rotatable bonds is 5. The van der Waals surface area contributed by atoms with E-state index in [0.29, 0.717) is 19.2 Å². The number of aryl methyl sites for hydroxylation is 1. The van der Waals surface area contributed by atoms with Crippen LogP contribution >= 0.6 is 0 Å². The molecule has 2 fully saturated rings. The van der Waals surface area contributed by atoms with Gasteiger partial charge in [0.15, 0.2) is 0 Å². The summed E-state index contributed by atoms with van der Waals surface area (Å²) in [5.41, 5.74) is 3.31. The second kappa shape index (κ2) is 6.88. The number of pyridine rings is 1. The maximum atomic E-state index is 13.0. The van der Waals surface area contributed by atoms with Gasteiger partial charge < -0.3 is 14.5 Å². The molecule has 1 saturated carbocycles. The molecule has 1 amide bonds. The molecule has 1 aromatic carbocycles. The Kier molecular flexibility index (Phi) is 4.57. The molecular weight excluding hydrogens is 326 g/mol. The van der Waals surface area contributed by atoms with Gasteiger partial charge in [0.1, 0.15) is 11.9 Å². The van der Waals surface area contributed by atoms with Gasteiger partial charge in [-0.25, -0.2) is 4.98 Å². The minimum Gasteiger partial charge on any atom is -0.368 e. The average molecular weight is 353 g/mol. The van der Waals surface area contributed by atoms with Crippen LogP contribution in [0.3, 0.4) is 0 Å². The molecule has 0 N–H and O–H groups in total. The van der Waals surface area contributed by atoms with Crippen LogP contribution in [-0.4, -0.2) is 48.6 Å². The summed E-state index contributed by atoms with van der Waals surface area (Å²) < 4.78 is 5.66. The first kappa shape index (κ1) is 17.3. The molecule has 2 heterocycles. The van der Waals surface area contributed by atoms with Crippen LogP contribution in [0.2, 0.25) is 0 Å². The normalized spacial score (nSPS) is 19.7. The van der Waals surface area contributed by atoms with E-state index in [0.717, 1.165) is 48.0 Å². The van der Waals surface area contributed by atoms with Gasteiger partial charge in [0.05, 0.1) is 5.52 Å². The quantitative estimate of drug-likeness (QED) is 0.828. The summed E-state index contributed by atoms with van der Waals surface area (Å²) in [5.74, 6) is 1.09. The largest absolute Gasteiger partial charge is 0.368 e. The average Bonchev–Trinajstić information content (AvgIpc) is 3.31. The van der Waals surface area contributed by atoms with Gasteiger partial charge in [0, 0.05) is 44.2 Å². The zero-order chi connectivity index (χ0) is 18.3. The third kappa shape index (κ3) is 3.40. The Morgan fingerprint density at radius 3 is 2.69 bits per heavy atom. The van der Waals surface area contributed by atoms with Crippen molar-refractivity contribution in [2.24, 2.45) is 0 Å². The molecule has 0 spiro atoms. The van der Waals surface area contributed by atoms with Crippen molar-refractivity contribution in [2.45, 2.75) is 51.3 Å². The Bertz CT molecular complexity index is 823. The van der Waals surface area contributed by atoms with Crippen molar-refractivity contribution in [3.63, 3.8) is 0 Å². The molecule has 0 bridgehead atoms. The summed E-state index contributed by atoms with van der Waals surface area (Å²) in [5, 5.41) is 1.12. The first-order valence-corrected chi connectivity index (χ1v) is 9.52. The highest BCUT2D eigenvalue weighted by Gasteiger charge is 2.37. The third-order valence-corrected chi connectivity index (χ3v) is 5.27. The van der Waals surface area contributed by atoms with E-state index in [1.807, 2.05) is 23.9 Å². The first-order valence-electron chi connectivity index (χ1n) is 9.52. The highest BCUT2D eigenvalue weighted by Crippen LogP contribution is 2.33. The molecule has 1 atom stereocenters. The van der Waals surface area contributed by atoms with Gasteiger partial charge in [0.2, 0.25) is 0 Å². The highest BCUT2D eigenvalue weighted by atomic mass is 16.5. The van der Waals surface area contributed by atoms with E-state index in [2.05, 4.69) is 31.2 Å². The Labute approximate surface area is 154 Å². The summed E-state index contributed by atoms with van der Waals surface area (Å²) in [6.45, 7) is 3.39. The van der Waals surface area contributed by atoms with Crippen molar-refractivity contribution in [2.75, 3.05) is 25.6 Å². The maximum absolute atomic E-state index is 13.0. The fourth-order valence-corrected chi connectivity index (χ4v) is 3.73. The number of fused-ring (bicyclic) bond motifs is 1. The highest BCUT2D eigenvalue weighted by molar-refractivity contribution is 5.84. The lowest BCUT2D eigenvalue weighted by Crippen LogP contribution is -2.40. The molecular formula is C21H27N3O2.